The number of nitrogens with one attached hydrogen (secondary N) is 2. The van der Waals surface area contributed by atoms with Gasteiger partial charge >= 0.3 is 0 Å². The second-order valence-corrected chi connectivity index (χ2v) is 8.12. The summed E-state index contributed by atoms with van der Waals surface area (Å²) in [7, 11) is 1.85. The minimum absolute atomic E-state index is 0.0829. The summed E-state index contributed by atoms with van der Waals surface area (Å²) in [5, 5.41) is 20.3. The van der Waals surface area contributed by atoms with Crippen LogP contribution in [0.4, 0.5) is 21.8 Å². The van der Waals surface area contributed by atoms with Crippen LogP contribution in [-0.4, -0.2) is 38.4 Å². The molecule has 3 heterocycles. The number of nitrogens with zero attached hydrogens (tertiary/aromatic N) is 6. The fraction of sp³-hybridized carbons (Fsp3) is 0.364. The van der Waals surface area contributed by atoms with Gasteiger partial charge in [0.2, 0.25) is 5.95 Å². The molecule has 0 radical (unpaired) electrons. The first kappa shape index (κ1) is 20.8. The molecule has 0 amide bonds. The molecule has 1 saturated heterocycles. The highest BCUT2D eigenvalue weighted by atomic mass is 19.1. The van der Waals surface area contributed by atoms with Crippen LogP contribution >= 0.6 is 0 Å². The van der Waals surface area contributed by atoms with Gasteiger partial charge in [0.05, 0.1) is 29.9 Å². The van der Waals surface area contributed by atoms with Gasteiger partial charge in [-0.15, -0.1) is 0 Å². The van der Waals surface area contributed by atoms with Crippen molar-refractivity contribution in [1.29, 1.82) is 5.26 Å². The minimum atomic E-state index is -0.380. The normalized spacial score (nSPS) is 15.8. The quantitative estimate of drug-likeness (QED) is 0.606. The Labute approximate surface area is 180 Å². The third-order valence-corrected chi connectivity index (χ3v) is 5.48. The van der Waals surface area contributed by atoms with Crippen molar-refractivity contribution in [1.82, 2.24) is 25.1 Å². The molecule has 160 valence electrons. The number of hydrogen-bond donors (Lipinski definition) is 2. The van der Waals surface area contributed by atoms with E-state index in [9.17, 15) is 9.65 Å². The predicted octanol–water partition coefficient (Wildman–Crippen LogP) is 3.22. The molecule has 0 unspecified atom stereocenters. The highest BCUT2D eigenvalue weighted by Crippen LogP contribution is 2.33. The van der Waals surface area contributed by atoms with Crippen LogP contribution < -0.4 is 15.5 Å². The van der Waals surface area contributed by atoms with Gasteiger partial charge in [0, 0.05) is 44.1 Å². The van der Waals surface area contributed by atoms with Gasteiger partial charge in [0.15, 0.2) is 0 Å². The number of benzene rings is 1. The number of aromatic nitrogens is 4. The fourth-order valence-corrected chi connectivity index (χ4v) is 3.99. The van der Waals surface area contributed by atoms with Gasteiger partial charge in [-0.1, -0.05) is 12.1 Å². The Balaban J connectivity index is 1.48. The molecule has 0 aliphatic carbocycles. The lowest BCUT2D eigenvalue weighted by Crippen LogP contribution is -2.69. The van der Waals surface area contributed by atoms with E-state index in [0.29, 0.717) is 25.5 Å². The fourth-order valence-electron chi connectivity index (χ4n) is 3.99. The van der Waals surface area contributed by atoms with Crippen molar-refractivity contribution >= 4 is 17.5 Å². The van der Waals surface area contributed by atoms with E-state index in [1.165, 1.54) is 12.1 Å². The average molecular weight is 420 g/mol. The van der Waals surface area contributed by atoms with Gasteiger partial charge in [-0.05, 0) is 31.5 Å². The summed E-state index contributed by atoms with van der Waals surface area (Å²) in [6, 6.07) is 8.76. The Hall–Kier alpha value is -3.51. The lowest BCUT2D eigenvalue weighted by molar-refractivity contribution is 0.235. The Bertz CT molecular complexity index is 1110. The highest BCUT2D eigenvalue weighted by Gasteiger charge is 2.44. The van der Waals surface area contributed by atoms with E-state index in [0.717, 1.165) is 22.6 Å². The molecule has 0 saturated carbocycles. The smallest absolute Gasteiger partial charge is 0.229 e. The molecular weight excluding hydrogens is 395 g/mol. The van der Waals surface area contributed by atoms with E-state index in [1.54, 1.807) is 23.1 Å². The Kier molecular flexibility index (Phi) is 5.57. The van der Waals surface area contributed by atoms with Crippen molar-refractivity contribution in [2.75, 3.05) is 23.3 Å². The predicted molar refractivity (Wildman–Crippen MR) is 116 cm³/mol. The molecule has 8 nitrogen and oxygen atoms in total. The van der Waals surface area contributed by atoms with E-state index in [4.69, 9.17) is 0 Å². The molecule has 0 spiro atoms. The number of halogens is 1. The average Bonchev–Trinajstić information content (AvgIpc) is 3.12. The number of anilines is 3. The Morgan fingerprint density at radius 1 is 1.32 bits per heavy atom. The van der Waals surface area contributed by atoms with Crippen molar-refractivity contribution < 1.29 is 4.39 Å². The zero-order valence-corrected chi connectivity index (χ0v) is 17.8. The number of hydrogen-bond acceptors (Lipinski definition) is 7. The van der Waals surface area contributed by atoms with Gasteiger partial charge in [0.25, 0.3) is 0 Å². The Morgan fingerprint density at radius 2 is 2.13 bits per heavy atom. The van der Waals surface area contributed by atoms with E-state index in [2.05, 4.69) is 36.7 Å². The summed E-state index contributed by atoms with van der Waals surface area (Å²) in [5.74, 6) is 1.06. The van der Waals surface area contributed by atoms with Crippen LogP contribution in [0.25, 0.3) is 0 Å². The maximum absolute atomic E-state index is 13.6. The van der Waals surface area contributed by atoms with Gasteiger partial charge in [-0.3, -0.25) is 4.68 Å². The van der Waals surface area contributed by atoms with Gasteiger partial charge < -0.3 is 15.5 Å². The topological polar surface area (TPSA) is 94.7 Å². The van der Waals surface area contributed by atoms with Gasteiger partial charge in [-0.2, -0.15) is 15.3 Å². The van der Waals surface area contributed by atoms with Gasteiger partial charge in [0.1, 0.15) is 11.6 Å². The molecule has 3 aromatic rings. The lowest BCUT2D eigenvalue weighted by atomic mass is 9.85. The van der Waals surface area contributed by atoms with Crippen LogP contribution in [0.15, 0.2) is 42.9 Å². The SMILES string of the molecule is Cc1cnc(Nc2cnn(C)c2)nc1N1CC(CC#N)(N[C@H](C)c2cccc(F)c2)C1. The maximum Gasteiger partial charge on any atom is 0.229 e. The summed E-state index contributed by atoms with van der Waals surface area (Å²) in [5.41, 5.74) is 2.25. The Morgan fingerprint density at radius 3 is 2.81 bits per heavy atom. The largest absolute Gasteiger partial charge is 0.352 e. The van der Waals surface area contributed by atoms with Crippen LogP contribution in [0.2, 0.25) is 0 Å². The molecule has 1 aliphatic heterocycles. The zero-order valence-electron chi connectivity index (χ0n) is 17.8. The van der Waals surface area contributed by atoms with E-state index >= 15 is 0 Å². The van der Waals surface area contributed by atoms with Crippen molar-refractivity contribution in [3.05, 3.63) is 59.8 Å². The van der Waals surface area contributed by atoms with E-state index in [1.807, 2.05) is 33.2 Å². The molecule has 9 heteroatoms. The first-order valence-electron chi connectivity index (χ1n) is 10.1. The monoisotopic (exact) mass is 420 g/mol. The summed E-state index contributed by atoms with van der Waals surface area (Å²) in [6.07, 6.45) is 5.70. The first-order valence-corrected chi connectivity index (χ1v) is 10.1. The summed E-state index contributed by atoms with van der Waals surface area (Å²) in [4.78, 5) is 11.2. The second kappa shape index (κ2) is 8.32. The molecular formula is C22H25FN8. The van der Waals surface area contributed by atoms with Crippen LogP contribution in [0.1, 0.15) is 30.5 Å². The molecule has 31 heavy (non-hydrogen) atoms. The van der Waals surface area contributed by atoms with Crippen LogP contribution in [0.3, 0.4) is 0 Å². The van der Waals surface area contributed by atoms with Gasteiger partial charge in [-0.25, -0.2) is 9.37 Å². The van der Waals surface area contributed by atoms with Crippen molar-refractivity contribution in [2.24, 2.45) is 7.05 Å². The second-order valence-electron chi connectivity index (χ2n) is 8.12. The maximum atomic E-state index is 13.6. The van der Waals surface area contributed by atoms with Crippen LogP contribution in [0, 0.1) is 24.1 Å². The standard InChI is InChI=1S/C22H25FN8/c1-15-10-25-21(27-19-11-26-30(3)12-19)28-20(15)31-13-22(14-31,7-8-24)29-16(2)17-5-4-6-18(23)9-17/h4-6,9-12,16,29H,7,13-14H2,1-3H3,(H,25,27,28)/t16-/m1/s1. The van der Waals surface area contributed by atoms with E-state index < -0.39 is 0 Å². The molecule has 2 N–H and O–H groups in total. The number of nitriles is 1. The number of rotatable bonds is 7. The molecule has 1 fully saturated rings. The lowest BCUT2D eigenvalue weighted by Gasteiger charge is -2.51. The summed E-state index contributed by atoms with van der Waals surface area (Å²) < 4.78 is 15.3. The molecule has 2 aromatic heterocycles. The molecule has 0 bridgehead atoms. The third-order valence-electron chi connectivity index (χ3n) is 5.48. The van der Waals surface area contributed by atoms with E-state index in [-0.39, 0.29) is 17.4 Å². The minimum Gasteiger partial charge on any atom is -0.352 e. The molecule has 1 atom stereocenters. The zero-order chi connectivity index (χ0) is 22.0. The third kappa shape index (κ3) is 4.49. The first-order chi connectivity index (χ1) is 14.9. The molecule has 1 aliphatic rings. The summed E-state index contributed by atoms with van der Waals surface area (Å²) in [6.45, 7) is 5.22. The van der Waals surface area contributed by atoms with Crippen LogP contribution in [-0.2, 0) is 7.05 Å². The van der Waals surface area contributed by atoms with Crippen LogP contribution in [0.5, 0.6) is 0 Å². The molecule has 1 aromatic carbocycles. The highest BCUT2D eigenvalue weighted by molar-refractivity contribution is 5.57. The van der Waals surface area contributed by atoms with Crippen molar-refractivity contribution in [3.8, 4) is 6.07 Å². The molecule has 4 rings (SSSR count). The van der Waals surface area contributed by atoms with Crippen molar-refractivity contribution in [2.45, 2.75) is 31.8 Å². The number of aryl methyl sites for hydroxylation is 2. The van der Waals surface area contributed by atoms with Crippen molar-refractivity contribution in [3.63, 3.8) is 0 Å². The summed E-state index contributed by atoms with van der Waals surface area (Å²) >= 11 is 0.